The minimum atomic E-state index is -0.622. The third-order valence-electron chi connectivity index (χ3n) is 6.02. The van der Waals surface area contributed by atoms with Crippen LogP contribution in [0.15, 0.2) is 34.9 Å². The van der Waals surface area contributed by atoms with Gasteiger partial charge >= 0.3 is 6.09 Å². The number of carbonyl (C=O) groups is 1. The Hall–Kier alpha value is -2.08. The second kappa shape index (κ2) is 8.30. The number of piperidine rings is 2. The molecule has 0 aliphatic carbocycles. The maximum absolute atomic E-state index is 12.1. The Morgan fingerprint density at radius 3 is 2.63 bits per heavy atom. The first-order chi connectivity index (χ1) is 13.3. The van der Waals surface area contributed by atoms with Gasteiger partial charge in [0.05, 0.1) is 6.26 Å². The lowest BCUT2D eigenvalue weighted by Crippen LogP contribution is -2.49. The second-order valence-electron chi connectivity index (χ2n) is 7.52. The predicted octanol–water partition coefficient (Wildman–Crippen LogP) is 4.18. The number of amides is 1. The van der Waals surface area contributed by atoms with Gasteiger partial charge < -0.3 is 19.0 Å². The van der Waals surface area contributed by atoms with Gasteiger partial charge in [-0.1, -0.05) is 18.2 Å². The molecule has 0 radical (unpaired) electrons. The molecule has 27 heavy (non-hydrogen) atoms. The maximum atomic E-state index is 12.1. The summed E-state index contributed by atoms with van der Waals surface area (Å²) >= 11 is 0. The van der Waals surface area contributed by atoms with Gasteiger partial charge in [-0.25, -0.2) is 9.18 Å². The first-order valence-corrected chi connectivity index (χ1v) is 9.94. The van der Waals surface area contributed by atoms with Gasteiger partial charge in [-0.2, -0.15) is 0 Å². The van der Waals surface area contributed by atoms with E-state index in [1.807, 2.05) is 6.07 Å². The summed E-state index contributed by atoms with van der Waals surface area (Å²) in [5, 5.41) is 1.18. The van der Waals surface area contributed by atoms with E-state index >= 15 is 0 Å². The zero-order chi connectivity index (χ0) is 18.6. The Morgan fingerprint density at radius 2 is 1.89 bits per heavy atom. The van der Waals surface area contributed by atoms with Crippen LogP contribution in [-0.2, 0) is 4.74 Å². The number of hydrogen-bond acceptors (Lipinski definition) is 4. The molecule has 0 bridgehead atoms. The fourth-order valence-electron chi connectivity index (χ4n) is 4.54. The van der Waals surface area contributed by atoms with Crippen LogP contribution in [0, 0.1) is 0 Å². The van der Waals surface area contributed by atoms with E-state index in [0.717, 1.165) is 44.4 Å². The van der Waals surface area contributed by atoms with Gasteiger partial charge in [0.15, 0.2) is 0 Å². The summed E-state index contributed by atoms with van der Waals surface area (Å²) in [6.45, 7) is 2.79. The molecule has 2 saturated heterocycles. The number of ether oxygens (including phenoxy) is 1. The quantitative estimate of drug-likeness (QED) is 0.805. The van der Waals surface area contributed by atoms with Crippen LogP contribution in [0.1, 0.15) is 37.2 Å². The van der Waals surface area contributed by atoms with E-state index in [2.05, 4.69) is 23.1 Å². The Labute approximate surface area is 159 Å². The largest absolute Gasteiger partial charge is 0.464 e. The molecule has 2 aromatic rings. The Morgan fingerprint density at radius 1 is 1.11 bits per heavy atom. The van der Waals surface area contributed by atoms with Crippen molar-refractivity contribution in [2.24, 2.45) is 0 Å². The van der Waals surface area contributed by atoms with Gasteiger partial charge in [0.1, 0.15) is 18.9 Å². The van der Waals surface area contributed by atoms with Crippen LogP contribution in [0.5, 0.6) is 0 Å². The van der Waals surface area contributed by atoms with Gasteiger partial charge in [0.25, 0.3) is 0 Å². The molecule has 2 fully saturated rings. The molecule has 0 unspecified atom stereocenters. The molecule has 4 rings (SSSR count). The summed E-state index contributed by atoms with van der Waals surface area (Å²) in [5.41, 5.74) is 2.37. The van der Waals surface area contributed by atoms with E-state index in [1.54, 1.807) is 11.2 Å². The molecule has 1 aromatic heterocycles. The molecule has 0 spiro atoms. The van der Waals surface area contributed by atoms with Crippen molar-refractivity contribution in [3.8, 4) is 0 Å². The van der Waals surface area contributed by atoms with Gasteiger partial charge in [-0.05, 0) is 56.3 Å². The lowest BCUT2D eigenvalue weighted by molar-refractivity contribution is 0.0615. The summed E-state index contributed by atoms with van der Waals surface area (Å²) in [4.78, 5) is 16.1. The molecule has 1 amide bonds. The van der Waals surface area contributed by atoms with Crippen molar-refractivity contribution >= 4 is 17.1 Å². The highest BCUT2D eigenvalue weighted by Crippen LogP contribution is 2.34. The molecular formula is C21H27FN2O3. The van der Waals surface area contributed by atoms with Crippen LogP contribution in [-0.4, -0.2) is 61.4 Å². The van der Waals surface area contributed by atoms with E-state index in [9.17, 15) is 9.18 Å². The third kappa shape index (κ3) is 3.95. The number of carbonyl (C=O) groups excluding carboxylic acids is 1. The van der Waals surface area contributed by atoms with E-state index < -0.39 is 6.67 Å². The third-order valence-corrected chi connectivity index (χ3v) is 6.02. The number of fused-ring (bicyclic) bond motifs is 1. The molecule has 1 aromatic carbocycles. The van der Waals surface area contributed by atoms with Crippen LogP contribution in [0.25, 0.3) is 11.0 Å². The van der Waals surface area contributed by atoms with Crippen molar-refractivity contribution in [3.63, 3.8) is 0 Å². The Kier molecular flexibility index (Phi) is 5.62. The maximum Gasteiger partial charge on any atom is 0.409 e. The van der Waals surface area contributed by atoms with Gasteiger partial charge in [0, 0.05) is 24.5 Å². The van der Waals surface area contributed by atoms with Crippen molar-refractivity contribution in [2.75, 3.05) is 39.5 Å². The molecule has 5 nitrogen and oxygen atoms in total. The summed E-state index contributed by atoms with van der Waals surface area (Å²) < 4.78 is 22.8. The molecular weight excluding hydrogens is 347 g/mol. The monoisotopic (exact) mass is 374 g/mol. The van der Waals surface area contributed by atoms with Crippen LogP contribution < -0.4 is 0 Å². The summed E-state index contributed by atoms with van der Waals surface area (Å²) in [6.07, 6.45) is 5.59. The SMILES string of the molecule is O=C(OCCF)N1CCC(N2CCC(c3cccc4ccoc34)CC2)CC1. The standard InChI is InChI=1S/C21H27FN2O3/c22-9-15-27-21(25)24-12-6-18(7-13-24)23-10-4-16(5-11-23)19-3-1-2-17-8-14-26-20(17)19/h1-3,8,14,16,18H,4-7,9-13,15H2. The van der Waals surface area contributed by atoms with Crippen molar-refractivity contribution in [3.05, 3.63) is 36.1 Å². The molecule has 0 atom stereocenters. The average molecular weight is 374 g/mol. The Bertz CT molecular complexity index is 762. The highest BCUT2D eigenvalue weighted by atomic mass is 19.1. The highest BCUT2D eigenvalue weighted by Gasteiger charge is 2.31. The van der Waals surface area contributed by atoms with Crippen LogP contribution >= 0.6 is 0 Å². The summed E-state index contributed by atoms with van der Waals surface area (Å²) in [7, 11) is 0. The van der Waals surface area contributed by atoms with Gasteiger partial charge in [-0.3, -0.25) is 0 Å². The summed E-state index contributed by atoms with van der Waals surface area (Å²) in [6, 6.07) is 8.98. The molecule has 2 aliphatic rings. The number of likely N-dealkylation sites (tertiary alicyclic amines) is 2. The van der Waals surface area contributed by atoms with Gasteiger partial charge in [0.2, 0.25) is 0 Å². The molecule has 6 heteroatoms. The smallest absolute Gasteiger partial charge is 0.409 e. The van der Waals surface area contributed by atoms with E-state index in [1.165, 1.54) is 10.9 Å². The molecule has 3 heterocycles. The first kappa shape index (κ1) is 18.3. The highest BCUT2D eigenvalue weighted by molar-refractivity contribution is 5.80. The minimum absolute atomic E-state index is 0.144. The van der Waals surface area contributed by atoms with Crippen LogP contribution in [0.4, 0.5) is 9.18 Å². The average Bonchev–Trinajstić information content (AvgIpc) is 3.21. The van der Waals surface area contributed by atoms with Gasteiger partial charge in [-0.15, -0.1) is 0 Å². The molecule has 0 saturated carbocycles. The fourth-order valence-corrected chi connectivity index (χ4v) is 4.54. The zero-order valence-corrected chi connectivity index (χ0v) is 15.6. The zero-order valence-electron chi connectivity index (χ0n) is 15.6. The van der Waals surface area contributed by atoms with Crippen LogP contribution in [0.3, 0.4) is 0 Å². The van der Waals surface area contributed by atoms with E-state index in [4.69, 9.17) is 9.15 Å². The predicted molar refractivity (Wildman–Crippen MR) is 102 cm³/mol. The van der Waals surface area contributed by atoms with E-state index in [0.29, 0.717) is 25.0 Å². The second-order valence-corrected chi connectivity index (χ2v) is 7.52. The fraction of sp³-hybridized carbons (Fsp3) is 0.571. The van der Waals surface area contributed by atoms with Crippen LogP contribution in [0.2, 0.25) is 0 Å². The molecule has 2 aliphatic heterocycles. The minimum Gasteiger partial charge on any atom is -0.464 e. The number of furan rings is 1. The lowest BCUT2D eigenvalue weighted by Gasteiger charge is -2.41. The van der Waals surface area contributed by atoms with Crippen molar-refractivity contribution < 1.29 is 18.3 Å². The lowest BCUT2D eigenvalue weighted by atomic mass is 9.87. The topological polar surface area (TPSA) is 45.9 Å². The van der Waals surface area contributed by atoms with E-state index in [-0.39, 0.29) is 12.7 Å². The molecule has 0 N–H and O–H groups in total. The first-order valence-electron chi connectivity index (χ1n) is 9.94. The number of nitrogens with zero attached hydrogens (tertiary/aromatic N) is 2. The molecule has 146 valence electrons. The number of alkyl halides is 1. The normalized spacial score (nSPS) is 20.3. The number of para-hydroxylation sites is 1. The van der Waals surface area contributed by atoms with Crippen molar-refractivity contribution in [1.82, 2.24) is 9.80 Å². The number of halogens is 1. The summed E-state index contributed by atoms with van der Waals surface area (Å²) in [5.74, 6) is 0.548. The van der Waals surface area contributed by atoms with Crippen molar-refractivity contribution in [1.29, 1.82) is 0 Å². The Balaban J connectivity index is 1.29. The number of hydrogen-bond donors (Lipinski definition) is 0. The number of rotatable bonds is 4. The number of benzene rings is 1. The van der Waals surface area contributed by atoms with Crippen molar-refractivity contribution in [2.45, 2.75) is 37.6 Å².